The van der Waals surface area contributed by atoms with E-state index in [1.54, 1.807) is 12.2 Å². The number of hydrogen-bond acceptors (Lipinski definition) is 2. The molecule has 2 nitrogen and oxygen atoms in total. The Balaban J connectivity index is 2.49. The van der Waals surface area contributed by atoms with Crippen LogP contribution in [0.4, 0.5) is 0 Å². The first-order chi connectivity index (χ1) is 5.33. The Morgan fingerprint density at radius 2 is 2.45 bits per heavy atom. The SMILES string of the molecule is O=C/C=C/[C@@H]1C=CC(O)=CC1. The molecule has 0 radical (unpaired) electrons. The summed E-state index contributed by atoms with van der Waals surface area (Å²) < 4.78 is 0. The number of aldehydes is 1. The molecule has 0 heterocycles. The maximum Gasteiger partial charge on any atom is 0.142 e. The summed E-state index contributed by atoms with van der Waals surface area (Å²) in [4.78, 5) is 9.94. The van der Waals surface area contributed by atoms with E-state index in [0.29, 0.717) is 5.76 Å². The van der Waals surface area contributed by atoms with Crippen molar-refractivity contribution in [3.63, 3.8) is 0 Å². The normalized spacial score (nSPS) is 23.6. The molecule has 0 aromatic rings. The Morgan fingerprint density at radius 3 is 3.00 bits per heavy atom. The number of carbonyl (C=O) groups excluding carboxylic acids is 1. The van der Waals surface area contributed by atoms with Gasteiger partial charge in [0.25, 0.3) is 0 Å². The van der Waals surface area contributed by atoms with Gasteiger partial charge in [0.15, 0.2) is 0 Å². The highest BCUT2D eigenvalue weighted by Crippen LogP contribution is 2.15. The number of allylic oxidation sites excluding steroid dienone is 5. The second-order valence-electron chi connectivity index (χ2n) is 2.41. The number of aliphatic hydroxyl groups excluding tert-OH is 1. The predicted octanol–water partition coefficient (Wildman–Crippen LogP) is 1.76. The molecule has 1 rings (SSSR count). The lowest BCUT2D eigenvalue weighted by Gasteiger charge is -2.07. The molecule has 0 aromatic carbocycles. The summed E-state index contributed by atoms with van der Waals surface area (Å²) in [5.74, 6) is 0.567. The molecule has 0 amide bonds. The van der Waals surface area contributed by atoms with Crippen molar-refractivity contribution >= 4 is 6.29 Å². The minimum atomic E-state index is 0.260. The molecule has 0 saturated heterocycles. The molecule has 0 saturated carbocycles. The van der Waals surface area contributed by atoms with Crippen molar-refractivity contribution in [2.45, 2.75) is 6.42 Å². The topological polar surface area (TPSA) is 37.3 Å². The maximum atomic E-state index is 9.94. The van der Waals surface area contributed by atoms with E-state index in [2.05, 4.69) is 0 Å². The zero-order valence-electron chi connectivity index (χ0n) is 6.10. The van der Waals surface area contributed by atoms with Gasteiger partial charge in [0.1, 0.15) is 12.0 Å². The van der Waals surface area contributed by atoms with Crippen molar-refractivity contribution < 1.29 is 9.90 Å². The maximum absolute atomic E-state index is 9.94. The van der Waals surface area contributed by atoms with Gasteiger partial charge in [-0.1, -0.05) is 12.2 Å². The molecule has 1 atom stereocenters. The molecule has 0 aliphatic heterocycles. The van der Waals surface area contributed by atoms with Crippen molar-refractivity contribution in [1.29, 1.82) is 0 Å². The first kappa shape index (κ1) is 7.79. The van der Waals surface area contributed by atoms with Crippen molar-refractivity contribution in [3.05, 3.63) is 36.1 Å². The van der Waals surface area contributed by atoms with Crippen molar-refractivity contribution in [3.8, 4) is 0 Å². The monoisotopic (exact) mass is 150 g/mol. The van der Waals surface area contributed by atoms with E-state index in [1.165, 1.54) is 6.08 Å². The third-order valence-corrected chi connectivity index (χ3v) is 1.55. The average Bonchev–Trinajstić information content (AvgIpc) is 2.04. The summed E-state index contributed by atoms with van der Waals surface area (Å²) in [6, 6.07) is 0. The number of aliphatic hydroxyl groups is 1. The minimum Gasteiger partial charge on any atom is -0.508 e. The van der Waals surface area contributed by atoms with Crippen molar-refractivity contribution in [2.75, 3.05) is 0 Å². The number of carbonyl (C=O) groups is 1. The van der Waals surface area contributed by atoms with Gasteiger partial charge in [0, 0.05) is 0 Å². The van der Waals surface area contributed by atoms with Crippen molar-refractivity contribution in [2.24, 2.45) is 5.92 Å². The highest BCUT2D eigenvalue weighted by atomic mass is 16.3. The van der Waals surface area contributed by atoms with E-state index in [1.807, 2.05) is 12.2 Å². The van der Waals surface area contributed by atoms with Crippen LogP contribution in [-0.2, 0) is 4.79 Å². The zero-order chi connectivity index (χ0) is 8.10. The van der Waals surface area contributed by atoms with Gasteiger partial charge in [-0.3, -0.25) is 4.79 Å². The first-order valence-corrected chi connectivity index (χ1v) is 3.52. The molecular weight excluding hydrogens is 140 g/mol. The zero-order valence-corrected chi connectivity index (χ0v) is 6.10. The Hall–Kier alpha value is -1.31. The Morgan fingerprint density at radius 1 is 1.64 bits per heavy atom. The summed E-state index contributed by atoms with van der Waals surface area (Å²) in [6.45, 7) is 0. The minimum absolute atomic E-state index is 0.260. The van der Waals surface area contributed by atoms with Gasteiger partial charge in [0.05, 0.1) is 0 Å². The van der Waals surface area contributed by atoms with Crippen LogP contribution in [0.3, 0.4) is 0 Å². The van der Waals surface area contributed by atoms with Crippen LogP contribution in [0.5, 0.6) is 0 Å². The second kappa shape index (κ2) is 3.76. The molecule has 0 aromatic heterocycles. The average molecular weight is 150 g/mol. The lowest BCUT2D eigenvalue weighted by molar-refractivity contribution is -0.104. The van der Waals surface area contributed by atoms with Crippen LogP contribution < -0.4 is 0 Å². The lowest BCUT2D eigenvalue weighted by Crippen LogP contribution is -1.95. The van der Waals surface area contributed by atoms with Crippen LogP contribution >= 0.6 is 0 Å². The summed E-state index contributed by atoms with van der Waals surface area (Å²) in [7, 11) is 0. The van der Waals surface area contributed by atoms with E-state index in [0.717, 1.165) is 12.7 Å². The largest absolute Gasteiger partial charge is 0.508 e. The highest BCUT2D eigenvalue weighted by Gasteiger charge is 2.02. The molecular formula is C9H10O2. The number of hydrogen-bond donors (Lipinski definition) is 1. The fraction of sp³-hybridized carbons (Fsp3) is 0.222. The molecule has 2 heteroatoms. The predicted molar refractivity (Wildman–Crippen MR) is 43.2 cm³/mol. The van der Waals surface area contributed by atoms with Gasteiger partial charge in [-0.05, 0) is 30.6 Å². The van der Waals surface area contributed by atoms with Crippen LogP contribution in [0, 0.1) is 5.92 Å². The van der Waals surface area contributed by atoms with Crippen LogP contribution in [-0.4, -0.2) is 11.4 Å². The molecule has 58 valence electrons. The molecule has 1 aliphatic rings. The molecule has 0 fully saturated rings. The van der Waals surface area contributed by atoms with Crippen LogP contribution in [0.1, 0.15) is 6.42 Å². The number of rotatable bonds is 2. The smallest absolute Gasteiger partial charge is 0.142 e. The fourth-order valence-corrected chi connectivity index (χ4v) is 0.956. The van der Waals surface area contributed by atoms with Crippen LogP contribution in [0.15, 0.2) is 36.1 Å². The van der Waals surface area contributed by atoms with E-state index < -0.39 is 0 Å². The van der Waals surface area contributed by atoms with E-state index in [9.17, 15) is 4.79 Å². The Labute approximate surface area is 65.5 Å². The Bertz CT molecular complexity index is 224. The molecule has 0 unspecified atom stereocenters. The van der Waals surface area contributed by atoms with E-state index >= 15 is 0 Å². The summed E-state index contributed by atoms with van der Waals surface area (Å²) >= 11 is 0. The third kappa shape index (κ3) is 2.42. The Kier molecular flexibility index (Phi) is 2.66. The molecule has 11 heavy (non-hydrogen) atoms. The van der Waals surface area contributed by atoms with Gasteiger partial charge in [-0.2, -0.15) is 0 Å². The second-order valence-corrected chi connectivity index (χ2v) is 2.41. The molecule has 1 aliphatic carbocycles. The van der Waals surface area contributed by atoms with E-state index in [4.69, 9.17) is 5.11 Å². The summed E-state index contributed by atoms with van der Waals surface area (Å²) in [5, 5.41) is 8.93. The standard InChI is InChI=1S/C9H10O2/c10-7-1-2-8-3-5-9(11)6-4-8/h1-3,5-8,11H,4H2/b2-1+/t8-/m1/s1. The highest BCUT2D eigenvalue weighted by molar-refractivity contribution is 5.64. The van der Waals surface area contributed by atoms with Crippen LogP contribution in [0.25, 0.3) is 0 Å². The third-order valence-electron chi connectivity index (χ3n) is 1.55. The van der Waals surface area contributed by atoms with Gasteiger partial charge >= 0.3 is 0 Å². The van der Waals surface area contributed by atoms with Gasteiger partial charge in [0.2, 0.25) is 0 Å². The fourth-order valence-electron chi connectivity index (χ4n) is 0.956. The van der Waals surface area contributed by atoms with Gasteiger partial charge in [-0.25, -0.2) is 0 Å². The lowest BCUT2D eigenvalue weighted by atomic mass is 10.00. The van der Waals surface area contributed by atoms with Crippen molar-refractivity contribution in [1.82, 2.24) is 0 Å². The summed E-state index contributed by atoms with van der Waals surface area (Å²) in [6.07, 6.45) is 10.1. The quantitative estimate of drug-likeness (QED) is 0.481. The molecule has 0 spiro atoms. The van der Waals surface area contributed by atoms with Gasteiger partial charge in [-0.15, -0.1) is 0 Å². The molecule has 0 bridgehead atoms. The molecule has 1 N–H and O–H groups in total. The van der Waals surface area contributed by atoms with Crippen LogP contribution in [0.2, 0.25) is 0 Å². The summed E-state index contributed by atoms with van der Waals surface area (Å²) in [5.41, 5.74) is 0. The van der Waals surface area contributed by atoms with E-state index in [-0.39, 0.29) is 5.92 Å². The van der Waals surface area contributed by atoms with Gasteiger partial charge < -0.3 is 5.11 Å². The first-order valence-electron chi connectivity index (χ1n) is 3.52.